The lowest BCUT2D eigenvalue weighted by Gasteiger charge is -2.38. The Morgan fingerprint density at radius 1 is 1.19 bits per heavy atom. The molecule has 0 radical (unpaired) electrons. The molecule has 1 fully saturated rings. The second-order valence-electron chi connectivity index (χ2n) is 7.76. The van der Waals surface area contributed by atoms with Crippen molar-refractivity contribution in [2.75, 3.05) is 26.7 Å². The Labute approximate surface area is 185 Å². The van der Waals surface area contributed by atoms with Crippen LogP contribution in [0.5, 0.6) is 0 Å². The van der Waals surface area contributed by atoms with Crippen LogP contribution >= 0.6 is 0 Å². The third-order valence-corrected chi connectivity index (χ3v) is 6.91. The number of nitrogens with zero attached hydrogens (tertiary/aromatic N) is 3. The molecule has 0 saturated carbocycles. The van der Waals surface area contributed by atoms with Gasteiger partial charge in [0.25, 0.3) is 0 Å². The summed E-state index contributed by atoms with van der Waals surface area (Å²) in [6.07, 6.45) is 4.94. The van der Waals surface area contributed by atoms with Crippen molar-refractivity contribution in [2.45, 2.75) is 43.3 Å². The van der Waals surface area contributed by atoms with Gasteiger partial charge in [-0.05, 0) is 37.5 Å². The van der Waals surface area contributed by atoms with E-state index in [1.165, 1.54) is 17.8 Å². The number of guanidine groups is 1. The van der Waals surface area contributed by atoms with Crippen molar-refractivity contribution in [3.05, 3.63) is 60.4 Å². The molecule has 3 N–H and O–H groups in total. The number of benzene rings is 1. The second-order valence-corrected chi connectivity index (χ2v) is 9.52. The van der Waals surface area contributed by atoms with Gasteiger partial charge in [0.05, 0.1) is 0 Å². The highest BCUT2D eigenvalue weighted by atomic mass is 32.2. The summed E-state index contributed by atoms with van der Waals surface area (Å²) in [7, 11) is -1.82. The zero-order valence-corrected chi connectivity index (χ0v) is 19.0. The summed E-state index contributed by atoms with van der Waals surface area (Å²) in [4.78, 5) is 10.8. The molecule has 2 unspecified atom stereocenters. The molecule has 31 heavy (non-hydrogen) atoms. The van der Waals surface area contributed by atoms with E-state index in [1.807, 2.05) is 6.07 Å². The molecule has 3 rings (SSSR count). The van der Waals surface area contributed by atoms with Crippen molar-refractivity contribution in [3.63, 3.8) is 0 Å². The number of pyridine rings is 1. The highest BCUT2D eigenvalue weighted by Gasteiger charge is 2.26. The third kappa shape index (κ3) is 7.02. The van der Waals surface area contributed by atoms with Crippen molar-refractivity contribution < 1.29 is 8.42 Å². The molecule has 1 saturated heterocycles. The standard InChI is InChI=1S/C22H32N6O2S/c1-18-15-20(10-14-28(18)17-19-7-4-3-5-8-19)27-22(23-2)25-12-13-26-31(29,30)21-9-6-11-24-16-21/h3-9,11,16,18,20,26H,10,12-15,17H2,1-2H3,(H2,23,25,27). The molecule has 0 amide bonds. The Morgan fingerprint density at radius 3 is 2.68 bits per heavy atom. The first kappa shape index (κ1) is 23.2. The summed E-state index contributed by atoms with van der Waals surface area (Å²) in [5.74, 6) is 0.689. The molecule has 2 heterocycles. The predicted octanol–water partition coefficient (Wildman–Crippen LogP) is 1.58. The lowest BCUT2D eigenvalue weighted by Crippen LogP contribution is -2.52. The fourth-order valence-electron chi connectivity index (χ4n) is 3.75. The Balaban J connectivity index is 1.40. The van der Waals surface area contributed by atoms with Gasteiger partial charge in [-0.1, -0.05) is 30.3 Å². The number of hydrogen-bond acceptors (Lipinski definition) is 5. The number of aliphatic imine (C=N–C) groups is 1. The largest absolute Gasteiger partial charge is 0.355 e. The fourth-order valence-corrected chi connectivity index (χ4v) is 4.74. The van der Waals surface area contributed by atoms with E-state index in [0.717, 1.165) is 25.9 Å². The van der Waals surface area contributed by atoms with Crippen LogP contribution in [0.15, 0.2) is 64.7 Å². The van der Waals surface area contributed by atoms with Crippen molar-refractivity contribution in [1.82, 2.24) is 25.2 Å². The first-order valence-corrected chi connectivity index (χ1v) is 12.1. The summed E-state index contributed by atoms with van der Waals surface area (Å²) in [5.41, 5.74) is 1.34. The van der Waals surface area contributed by atoms with Crippen LogP contribution in [0.1, 0.15) is 25.3 Å². The topological polar surface area (TPSA) is 98.7 Å². The molecule has 0 spiro atoms. The smallest absolute Gasteiger partial charge is 0.242 e. The van der Waals surface area contributed by atoms with Gasteiger partial charge in [-0.15, -0.1) is 0 Å². The van der Waals surface area contributed by atoms with Crippen molar-refractivity contribution in [1.29, 1.82) is 0 Å². The minimum atomic E-state index is -3.55. The number of hydrogen-bond donors (Lipinski definition) is 3. The van der Waals surface area contributed by atoms with Gasteiger partial charge in [0.15, 0.2) is 5.96 Å². The molecule has 0 bridgehead atoms. The van der Waals surface area contributed by atoms with Crippen LogP contribution in [0.3, 0.4) is 0 Å². The van der Waals surface area contributed by atoms with Crippen LogP contribution in [0.4, 0.5) is 0 Å². The van der Waals surface area contributed by atoms with E-state index >= 15 is 0 Å². The van der Waals surface area contributed by atoms with E-state index in [0.29, 0.717) is 24.6 Å². The average molecular weight is 445 g/mol. The SMILES string of the molecule is CN=C(NCCNS(=O)(=O)c1cccnc1)NC1CCN(Cc2ccccc2)C(C)C1. The zero-order chi connectivity index (χ0) is 22.1. The molecule has 9 heteroatoms. The van der Waals surface area contributed by atoms with Gasteiger partial charge >= 0.3 is 0 Å². The molecular formula is C22H32N6O2S. The summed E-state index contributed by atoms with van der Waals surface area (Å²) in [6, 6.07) is 14.5. The molecule has 2 atom stereocenters. The molecule has 1 aliphatic rings. The molecular weight excluding hydrogens is 412 g/mol. The minimum Gasteiger partial charge on any atom is -0.355 e. The number of piperidine rings is 1. The second kappa shape index (κ2) is 11.2. The van der Waals surface area contributed by atoms with Crippen LogP contribution in [0.25, 0.3) is 0 Å². The van der Waals surface area contributed by atoms with Crippen molar-refractivity contribution in [2.24, 2.45) is 4.99 Å². The Hall–Kier alpha value is -2.49. The van der Waals surface area contributed by atoms with E-state index in [2.05, 4.69) is 61.4 Å². The maximum atomic E-state index is 12.2. The highest BCUT2D eigenvalue weighted by molar-refractivity contribution is 7.89. The van der Waals surface area contributed by atoms with Crippen molar-refractivity contribution in [3.8, 4) is 0 Å². The van der Waals surface area contributed by atoms with Crippen LogP contribution in [0.2, 0.25) is 0 Å². The molecule has 168 valence electrons. The van der Waals surface area contributed by atoms with Gasteiger partial charge in [-0.3, -0.25) is 14.9 Å². The normalized spacial score (nSPS) is 20.4. The molecule has 8 nitrogen and oxygen atoms in total. The zero-order valence-electron chi connectivity index (χ0n) is 18.2. The monoisotopic (exact) mass is 444 g/mol. The number of nitrogens with one attached hydrogen (secondary N) is 3. The molecule has 1 aromatic carbocycles. The van der Waals surface area contributed by atoms with Crippen LogP contribution in [-0.4, -0.2) is 63.0 Å². The van der Waals surface area contributed by atoms with Crippen LogP contribution < -0.4 is 15.4 Å². The van der Waals surface area contributed by atoms with Gasteiger partial charge in [-0.2, -0.15) is 0 Å². The van der Waals surface area contributed by atoms with Crippen LogP contribution in [-0.2, 0) is 16.6 Å². The summed E-state index contributed by atoms with van der Waals surface area (Å²) >= 11 is 0. The first-order chi connectivity index (χ1) is 15.0. The molecule has 1 aromatic heterocycles. The minimum absolute atomic E-state index is 0.161. The van der Waals surface area contributed by atoms with E-state index in [4.69, 9.17) is 0 Å². The number of rotatable bonds is 8. The molecule has 0 aliphatic carbocycles. The van der Waals surface area contributed by atoms with Gasteiger partial charge in [0, 0.05) is 57.7 Å². The van der Waals surface area contributed by atoms with E-state index in [-0.39, 0.29) is 11.4 Å². The highest BCUT2D eigenvalue weighted by Crippen LogP contribution is 2.19. The fraction of sp³-hybridized carbons (Fsp3) is 0.455. The van der Waals surface area contributed by atoms with Gasteiger partial charge in [0.1, 0.15) is 4.90 Å². The molecule has 1 aliphatic heterocycles. The maximum absolute atomic E-state index is 12.2. The third-order valence-electron chi connectivity index (χ3n) is 5.46. The number of aromatic nitrogens is 1. The number of likely N-dealkylation sites (tertiary alicyclic amines) is 1. The predicted molar refractivity (Wildman–Crippen MR) is 123 cm³/mol. The van der Waals surface area contributed by atoms with Crippen molar-refractivity contribution >= 4 is 16.0 Å². The van der Waals surface area contributed by atoms with E-state index in [9.17, 15) is 8.42 Å². The van der Waals surface area contributed by atoms with Crippen LogP contribution in [0, 0.1) is 0 Å². The maximum Gasteiger partial charge on any atom is 0.242 e. The van der Waals surface area contributed by atoms with E-state index < -0.39 is 10.0 Å². The Bertz CT molecular complexity index is 937. The summed E-state index contributed by atoms with van der Waals surface area (Å²) in [6.45, 7) is 4.94. The quantitative estimate of drug-likeness (QED) is 0.325. The lowest BCUT2D eigenvalue weighted by molar-refractivity contribution is 0.134. The summed E-state index contributed by atoms with van der Waals surface area (Å²) in [5, 5.41) is 6.66. The Morgan fingerprint density at radius 2 is 2.00 bits per heavy atom. The lowest BCUT2D eigenvalue weighted by atomic mass is 9.97. The number of sulfonamides is 1. The Kier molecular flexibility index (Phi) is 8.39. The van der Waals surface area contributed by atoms with Gasteiger partial charge in [0.2, 0.25) is 10.0 Å². The van der Waals surface area contributed by atoms with E-state index in [1.54, 1.807) is 19.3 Å². The van der Waals surface area contributed by atoms with Gasteiger partial charge in [-0.25, -0.2) is 13.1 Å². The van der Waals surface area contributed by atoms with Gasteiger partial charge < -0.3 is 10.6 Å². The summed E-state index contributed by atoms with van der Waals surface area (Å²) < 4.78 is 27.0. The average Bonchev–Trinajstić information content (AvgIpc) is 2.79. The molecule has 2 aromatic rings. The first-order valence-electron chi connectivity index (χ1n) is 10.6.